The van der Waals surface area contributed by atoms with Gasteiger partial charge in [-0.1, -0.05) is 0 Å². The van der Waals surface area contributed by atoms with Crippen LogP contribution in [0.1, 0.15) is 12.8 Å². The number of pyridine rings is 1. The van der Waals surface area contributed by atoms with Crippen LogP contribution in [0.5, 0.6) is 0 Å². The summed E-state index contributed by atoms with van der Waals surface area (Å²) in [5.41, 5.74) is 5.47. The van der Waals surface area contributed by atoms with Gasteiger partial charge in [-0.2, -0.15) is 0 Å². The minimum Gasteiger partial charge on any atom is -0.378 e. The molecule has 1 aromatic rings. The molecular formula is C15H21N5O4. The topological polar surface area (TPSA) is 115 Å². The Morgan fingerprint density at radius 2 is 2.08 bits per heavy atom. The van der Waals surface area contributed by atoms with E-state index in [9.17, 15) is 14.9 Å². The molecule has 2 aliphatic rings. The second-order valence-corrected chi connectivity index (χ2v) is 6.05. The monoisotopic (exact) mass is 335 g/mol. The Morgan fingerprint density at radius 1 is 1.33 bits per heavy atom. The van der Waals surface area contributed by atoms with E-state index in [1.165, 1.54) is 6.07 Å². The molecule has 2 fully saturated rings. The fraction of sp³-hybridized carbons (Fsp3) is 0.600. The summed E-state index contributed by atoms with van der Waals surface area (Å²) < 4.78 is 5.29. The molecule has 2 N–H and O–H groups in total. The summed E-state index contributed by atoms with van der Waals surface area (Å²) in [4.78, 5) is 30.9. The van der Waals surface area contributed by atoms with Gasteiger partial charge in [-0.25, -0.2) is 4.98 Å². The summed E-state index contributed by atoms with van der Waals surface area (Å²) >= 11 is 0. The van der Waals surface area contributed by atoms with E-state index in [0.717, 1.165) is 19.4 Å². The van der Waals surface area contributed by atoms with Gasteiger partial charge in [0.2, 0.25) is 11.7 Å². The van der Waals surface area contributed by atoms with E-state index < -0.39 is 4.92 Å². The zero-order valence-electron chi connectivity index (χ0n) is 13.4. The first-order valence-electron chi connectivity index (χ1n) is 8.08. The number of amides is 1. The third-order valence-electron chi connectivity index (χ3n) is 4.50. The molecule has 9 nitrogen and oxygen atoms in total. The first kappa shape index (κ1) is 16.4. The lowest BCUT2D eigenvalue weighted by molar-refractivity contribution is -0.384. The molecule has 3 heterocycles. The fourth-order valence-corrected chi connectivity index (χ4v) is 3.22. The normalized spacial score (nSPS) is 21.6. The Bertz CT molecular complexity index is 632. The number of nitrogens with zero attached hydrogens (tertiary/aromatic N) is 4. The van der Waals surface area contributed by atoms with Gasteiger partial charge in [-0.15, -0.1) is 0 Å². The van der Waals surface area contributed by atoms with Gasteiger partial charge in [-0.3, -0.25) is 14.9 Å². The predicted octanol–water partition coefficient (Wildman–Crippen LogP) is 0.647. The molecule has 130 valence electrons. The number of morpholine rings is 1. The number of aromatic nitrogens is 1. The average Bonchev–Trinajstić information content (AvgIpc) is 2.61. The van der Waals surface area contributed by atoms with Crippen molar-refractivity contribution in [1.29, 1.82) is 0 Å². The van der Waals surface area contributed by atoms with Gasteiger partial charge < -0.3 is 20.3 Å². The van der Waals surface area contributed by atoms with Gasteiger partial charge in [0.1, 0.15) is 5.82 Å². The van der Waals surface area contributed by atoms with Gasteiger partial charge in [0, 0.05) is 32.2 Å². The van der Waals surface area contributed by atoms with E-state index in [4.69, 9.17) is 10.5 Å². The lowest BCUT2D eigenvalue weighted by Gasteiger charge is -2.36. The summed E-state index contributed by atoms with van der Waals surface area (Å²) in [5, 5.41) is 10.8. The van der Waals surface area contributed by atoms with Crippen LogP contribution in [0.3, 0.4) is 0 Å². The van der Waals surface area contributed by atoms with E-state index in [1.54, 1.807) is 6.07 Å². The molecule has 0 aliphatic carbocycles. The van der Waals surface area contributed by atoms with Crippen LogP contribution in [0, 0.1) is 16.0 Å². The maximum absolute atomic E-state index is 12.6. The largest absolute Gasteiger partial charge is 0.378 e. The third-order valence-corrected chi connectivity index (χ3v) is 4.50. The molecule has 1 unspecified atom stereocenters. The highest BCUT2D eigenvalue weighted by atomic mass is 16.6. The summed E-state index contributed by atoms with van der Waals surface area (Å²) in [5.74, 6) is 0.546. The Balaban J connectivity index is 1.70. The van der Waals surface area contributed by atoms with Gasteiger partial charge in [0.05, 0.1) is 24.1 Å². The maximum Gasteiger partial charge on any atom is 0.311 e. The highest BCUT2D eigenvalue weighted by Crippen LogP contribution is 2.27. The zero-order chi connectivity index (χ0) is 17.1. The van der Waals surface area contributed by atoms with Crippen molar-refractivity contribution < 1.29 is 14.5 Å². The number of nitro groups is 1. The van der Waals surface area contributed by atoms with Crippen LogP contribution in [0.25, 0.3) is 0 Å². The van der Waals surface area contributed by atoms with E-state index in [2.05, 4.69) is 4.98 Å². The molecule has 24 heavy (non-hydrogen) atoms. The molecule has 1 amide bonds. The number of piperidine rings is 1. The molecule has 9 heteroatoms. The van der Waals surface area contributed by atoms with Crippen molar-refractivity contribution in [2.75, 3.05) is 50.0 Å². The predicted molar refractivity (Wildman–Crippen MR) is 87.6 cm³/mol. The van der Waals surface area contributed by atoms with Crippen LogP contribution >= 0.6 is 0 Å². The zero-order valence-corrected chi connectivity index (χ0v) is 13.4. The molecule has 2 saturated heterocycles. The standard InChI is InChI=1S/C15H21N5O4/c16-14-12(20(22)23)3-4-13(17-14)19-5-1-2-11(10-19)15(21)18-6-8-24-9-7-18/h3-4,11H,1-2,5-10H2,(H2,16,17). The number of carbonyl (C=O) groups is 1. The average molecular weight is 335 g/mol. The number of rotatable bonds is 3. The molecule has 0 saturated carbocycles. The number of anilines is 2. The minimum absolute atomic E-state index is 0.0879. The van der Waals surface area contributed by atoms with Crippen molar-refractivity contribution >= 4 is 23.2 Å². The molecule has 0 radical (unpaired) electrons. The first-order chi connectivity index (χ1) is 11.6. The number of nitrogens with two attached hydrogens (primary N) is 1. The van der Waals surface area contributed by atoms with Crippen molar-refractivity contribution in [3.8, 4) is 0 Å². The Kier molecular flexibility index (Phi) is 4.79. The van der Waals surface area contributed by atoms with E-state index in [1.807, 2.05) is 9.80 Å². The van der Waals surface area contributed by atoms with Crippen LogP contribution in [-0.2, 0) is 9.53 Å². The molecule has 2 aliphatic heterocycles. The van der Waals surface area contributed by atoms with Gasteiger partial charge >= 0.3 is 5.69 Å². The summed E-state index contributed by atoms with van der Waals surface area (Å²) in [7, 11) is 0. The number of hydrogen-bond acceptors (Lipinski definition) is 7. The fourth-order valence-electron chi connectivity index (χ4n) is 3.22. The minimum atomic E-state index is -0.549. The van der Waals surface area contributed by atoms with E-state index in [0.29, 0.717) is 38.7 Å². The Hall–Kier alpha value is -2.42. The van der Waals surface area contributed by atoms with Crippen molar-refractivity contribution in [2.45, 2.75) is 12.8 Å². The highest BCUT2D eigenvalue weighted by Gasteiger charge is 2.31. The van der Waals surface area contributed by atoms with Crippen molar-refractivity contribution in [3.63, 3.8) is 0 Å². The van der Waals surface area contributed by atoms with Gasteiger partial charge in [0.25, 0.3) is 0 Å². The first-order valence-corrected chi connectivity index (χ1v) is 8.08. The maximum atomic E-state index is 12.6. The van der Waals surface area contributed by atoms with Crippen LogP contribution in [-0.4, -0.2) is 60.1 Å². The molecule has 0 bridgehead atoms. The molecule has 1 aromatic heterocycles. The quantitative estimate of drug-likeness (QED) is 0.637. The van der Waals surface area contributed by atoms with Crippen LogP contribution in [0.2, 0.25) is 0 Å². The molecule has 0 spiro atoms. The van der Waals surface area contributed by atoms with Gasteiger partial charge in [-0.05, 0) is 18.9 Å². The summed E-state index contributed by atoms with van der Waals surface area (Å²) in [6.07, 6.45) is 1.72. The van der Waals surface area contributed by atoms with Crippen LogP contribution < -0.4 is 10.6 Å². The summed E-state index contributed by atoms with van der Waals surface area (Å²) in [6.45, 7) is 3.76. The van der Waals surface area contributed by atoms with E-state index in [-0.39, 0.29) is 23.3 Å². The second-order valence-electron chi connectivity index (χ2n) is 6.05. The lowest BCUT2D eigenvalue weighted by Crippen LogP contribution is -2.48. The number of hydrogen-bond donors (Lipinski definition) is 1. The number of nitrogen functional groups attached to an aromatic ring is 1. The molecule has 3 rings (SSSR count). The highest BCUT2D eigenvalue weighted by molar-refractivity contribution is 5.80. The van der Waals surface area contributed by atoms with Crippen molar-refractivity contribution in [3.05, 3.63) is 22.2 Å². The van der Waals surface area contributed by atoms with Crippen molar-refractivity contribution in [1.82, 2.24) is 9.88 Å². The second kappa shape index (κ2) is 7.00. The smallest absolute Gasteiger partial charge is 0.311 e. The third kappa shape index (κ3) is 3.40. The number of ether oxygens (including phenoxy) is 1. The SMILES string of the molecule is Nc1nc(N2CCCC(C(=O)N3CCOCC3)C2)ccc1[N+](=O)[O-]. The van der Waals surface area contributed by atoms with Gasteiger partial charge in [0.15, 0.2) is 0 Å². The van der Waals surface area contributed by atoms with E-state index >= 15 is 0 Å². The summed E-state index contributed by atoms with van der Waals surface area (Å²) in [6, 6.07) is 2.96. The molecule has 1 atom stereocenters. The van der Waals surface area contributed by atoms with Crippen molar-refractivity contribution in [2.24, 2.45) is 5.92 Å². The number of carbonyl (C=O) groups excluding carboxylic acids is 1. The molecule has 0 aromatic carbocycles. The van der Waals surface area contributed by atoms with Crippen LogP contribution in [0.4, 0.5) is 17.3 Å². The lowest BCUT2D eigenvalue weighted by atomic mass is 9.96. The molecular weight excluding hydrogens is 314 g/mol. The van der Waals surface area contributed by atoms with Crippen LogP contribution in [0.15, 0.2) is 12.1 Å². The Morgan fingerprint density at radius 3 is 2.75 bits per heavy atom. The Labute approximate surface area is 139 Å².